The van der Waals surface area contributed by atoms with E-state index in [1.807, 2.05) is 13.8 Å². The molecule has 1 heterocycles. The van der Waals surface area contributed by atoms with Gasteiger partial charge in [-0.2, -0.15) is 0 Å². The zero-order valence-corrected chi connectivity index (χ0v) is 16.2. The fourth-order valence-electron chi connectivity index (χ4n) is 2.90. The highest BCUT2D eigenvalue weighted by Crippen LogP contribution is 2.20. The predicted octanol–water partition coefficient (Wildman–Crippen LogP) is 1.72. The SMILES string of the molecule is CCNC(=NCC(C)(C)N1CCCCC1)NCCC(=O)NC(C)C. The molecule has 0 spiro atoms. The van der Waals surface area contributed by atoms with Gasteiger partial charge in [0.15, 0.2) is 5.96 Å². The van der Waals surface area contributed by atoms with E-state index in [0.717, 1.165) is 19.0 Å². The average Bonchev–Trinajstić information content (AvgIpc) is 2.53. The van der Waals surface area contributed by atoms with Crippen molar-refractivity contribution in [3.05, 3.63) is 0 Å². The lowest BCUT2D eigenvalue weighted by molar-refractivity contribution is -0.121. The summed E-state index contributed by atoms with van der Waals surface area (Å²) < 4.78 is 0. The highest BCUT2D eigenvalue weighted by Gasteiger charge is 2.27. The molecule has 24 heavy (non-hydrogen) atoms. The van der Waals surface area contributed by atoms with E-state index in [1.54, 1.807) is 0 Å². The normalized spacial score (nSPS) is 17.0. The van der Waals surface area contributed by atoms with Gasteiger partial charge in [0.25, 0.3) is 0 Å². The Morgan fingerprint density at radius 3 is 2.42 bits per heavy atom. The summed E-state index contributed by atoms with van der Waals surface area (Å²) in [5, 5.41) is 9.42. The topological polar surface area (TPSA) is 68.8 Å². The van der Waals surface area contributed by atoms with E-state index in [0.29, 0.717) is 13.0 Å². The van der Waals surface area contributed by atoms with Crippen LogP contribution in [0.3, 0.4) is 0 Å². The predicted molar refractivity (Wildman–Crippen MR) is 101 cm³/mol. The van der Waals surface area contributed by atoms with Crippen LogP contribution in [0.25, 0.3) is 0 Å². The molecular formula is C18H37N5O. The number of aliphatic imine (C=N–C) groups is 1. The summed E-state index contributed by atoms with van der Waals surface area (Å²) in [7, 11) is 0. The Kier molecular flexibility index (Phi) is 9.11. The molecule has 0 aromatic rings. The van der Waals surface area contributed by atoms with Gasteiger partial charge in [-0.1, -0.05) is 6.42 Å². The smallest absolute Gasteiger partial charge is 0.221 e. The first-order valence-corrected chi connectivity index (χ1v) is 9.41. The summed E-state index contributed by atoms with van der Waals surface area (Å²) in [5.41, 5.74) is 0.0673. The molecule has 0 aliphatic carbocycles. The van der Waals surface area contributed by atoms with Crippen molar-refractivity contribution in [3.63, 3.8) is 0 Å². The minimum absolute atomic E-state index is 0.0673. The molecule has 0 bridgehead atoms. The highest BCUT2D eigenvalue weighted by atomic mass is 16.1. The van der Waals surface area contributed by atoms with Crippen LogP contribution in [0.2, 0.25) is 0 Å². The molecule has 1 amide bonds. The number of guanidine groups is 1. The molecule has 1 saturated heterocycles. The van der Waals surface area contributed by atoms with Gasteiger partial charge in [-0.05, 0) is 60.5 Å². The quantitative estimate of drug-likeness (QED) is 0.465. The van der Waals surface area contributed by atoms with Crippen molar-refractivity contribution in [1.29, 1.82) is 0 Å². The van der Waals surface area contributed by atoms with Crippen LogP contribution in [0.4, 0.5) is 0 Å². The van der Waals surface area contributed by atoms with E-state index >= 15 is 0 Å². The van der Waals surface area contributed by atoms with Gasteiger partial charge < -0.3 is 16.0 Å². The van der Waals surface area contributed by atoms with Crippen LogP contribution in [0.1, 0.15) is 60.3 Å². The molecule has 6 nitrogen and oxygen atoms in total. The second-order valence-corrected chi connectivity index (χ2v) is 7.45. The van der Waals surface area contributed by atoms with Crippen LogP contribution >= 0.6 is 0 Å². The molecule has 0 aromatic heterocycles. The van der Waals surface area contributed by atoms with Gasteiger partial charge >= 0.3 is 0 Å². The molecule has 0 saturated carbocycles. The Morgan fingerprint density at radius 2 is 1.83 bits per heavy atom. The van der Waals surface area contributed by atoms with Gasteiger partial charge in [0, 0.05) is 31.1 Å². The third-order valence-electron chi connectivity index (χ3n) is 4.27. The van der Waals surface area contributed by atoms with Crippen molar-refractivity contribution < 1.29 is 4.79 Å². The molecular weight excluding hydrogens is 302 g/mol. The zero-order chi connectivity index (χ0) is 18.0. The summed E-state index contributed by atoms with van der Waals surface area (Å²) in [5.74, 6) is 0.863. The second-order valence-electron chi connectivity index (χ2n) is 7.45. The minimum atomic E-state index is 0.0673. The molecule has 1 aliphatic rings. The van der Waals surface area contributed by atoms with Crippen molar-refractivity contribution in [2.45, 2.75) is 71.9 Å². The molecule has 1 aliphatic heterocycles. The number of likely N-dealkylation sites (tertiary alicyclic amines) is 1. The fourth-order valence-corrected chi connectivity index (χ4v) is 2.90. The Bertz CT molecular complexity index is 400. The summed E-state index contributed by atoms with van der Waals surface area (Å²) in [6.45, 7) is 15.0. The number of amides is 1. The number of hydrogen-bond acceptors (Lipinski definition) is 3. The molecule has 1 rings (SSSR count). The summed E-state index contributed by atoms with van der Waals surface area (Å²) in [6, 6.07) is 0.185. The molecule has 6 heteroatoms. The van der Waals surface area contributed by atoms with Crippen LogP contribution in [-0.4, -0.2) is 61.1 Å². The fraction of sp³-hybridized carbons (Fsp3) is 0.889. The maximum Gasteiger partial charge on any atom is 0.221 e. The second kappa shape index (κ2) is 10.5. The number of piperidine rings is 1. The Morgan fingerprint density at radius 1 is 1.17 bits per heavy atom. The Balaban J connectivity index is 2.47. The van der Waals surface area contributed by atoms with Gasteiger partial charge in [-0.15, -0.1) is 0 Å². The molecule has 0 aromatic carbocycles. The lowest BCUT2D eigenvalue weighted by atomic mass is 9.99. The lowest BCUT2D eigenvalue weighted by Gasteiger charge is -2.40. The van der Waals surface area contributed by atoms with E-state index in [1.165, 1.54) is 32.4 Å². The van der Waals surface area contributed by atoms with Gasteiger partial charge in [0.05, 0.1) is 6.54 Å². The lowest BCUT2D eigenvalue weighted by Crippen LogP contribution is -2.49. The first-order chi connectivity index (χ1) is 11.3. The molecule has 0 radical (unpaired) electrons. The van der Waals surface area contributed by atoms with Gasteiger partial charge in [0.1, 0.15) is 0 Å². The number of nitrogens with one attached hydrogen (secondary N) is 3. The number of nitrogens with zero attached hydrogens (tertiary/aromatic N) is 2. The van der Waals surface area contributed by atoms with E-state index in [4.69, 9.17) is 4.99 Å². The molecule has 0 unspecified atom stereocenters. The molecule has 0 atom stereocenters. The number of carbonyl (C=O) groups excluding carboxylic acids is 1. The van der Waals surface area contributed by atoms with Crippen molar-refractivity contribution in [1.82, 2.24) is 20.9 Å². The maximum absolute atomic E-state index is 11.7. The first-order valence-electron chi connectivity index (χ1n) is 9.41. The van der Waals surface area contributed by atoms with Gasteiger partial charge in [0.2, 0.25) is 5.91 Å². The molecule has 1 fully saturated rings. The summed E-state index contributed by atoms with van der Waals surface area (Å²) >= 11 is 0. The summed E-state index contributed by atoms with van der Waals surface area (Å²) in [6.07, 6.45) is 4.38. The van der Waals surface area contributed by atoms with Crippen molar-refractivity contribution >= 4 is 11.9 Å². The van der Waals surface area contributed by atoms with Crippen LogP contribution in [0.5, 0.6) is 0 Å². The number of rotatable bonds is 8. The largest absolute Gasteiger partial charge is 0.357 e. The van der Waals surface area contributed by atoms with E-state index in [9.17, 15) is 4.79 Å². The third kappa shape index (κ3) is 7.99. The zero-order valence-electron chi connectivity index (χ0n) is 16.2. The monoisotopic (exact) mass is 339 g/mol. The number of carbonyl (C=O) groups is 1. The van der Waals surface area contributed by atoms with Gasteiger partial charge in [-0.3, -0.25) is 14.7 Å². The van der Waals surface area contributed by atoms with Crippen LogP contribution < -0.4 is 16.0 Å². The highest BCUT2D eigenvalue weighted by molar-refractivity contribution is 5.81. The standard InChI is InChI=1S/C18H37N5O/c1-6-19-17(20-11-10-16(24)22-15(2)3)21-14-18(4,5)23-12-8-7-9-13-23/h15H,6-14H2,1-5H3,(H,22,24)(H2,19,20,21). The minimum Gasteiger partial charge on any atom is -0.357 e. The Hall–Kier alpha value is -1.30. The molecule has 3 N–H and O–H groups in total. The van der Waals surface area contributed by atoms with Crippen LogP contribution in [-0.2, 0) is 4.79 Å². The van der Waals surface area contributed by atoms with Crippen molar-refractivity contribution in [2.24, 2.45) is 4.99 Å². The summed E-state index contributed by atoms with van der Waals surface area (Å²) in [4.78, 5) is 19.0. The van der Waals surface area contributed by atoms with Crippen molar-refractivity contribution in [2.75, 3.05) is 32.7 Å². The van der Waals surface area contributed by atoms with E-state index in [2.05, 4.69) is 41.6 Å². The molecule has 140 valence electrons. The Labute approximate surface area is 147 Å². The first kappa shape index (κ1) is 20.7. The number of hydrogen-bond donors (Lipinski definition) is 3. The average molecular weight is 340 g/mol. The van der Waals surface area contributed by atoms with Crippen LogP contribution in [0.15, 0.2) is 4.99 Å². The third-order valence-corrected chi connectivity index (χ3v) is 4.27. The van der Waals surface area contributed by atoms with Gasteiger partial charge in [-0.25, -0.2) is 0 Å². The van der Waals surface area contributed by atoms with E-state index in [-0.39, 0.29) is 17.5 Å². The van der Waals surface area contributed by atoms with E-state index < -0.39 is 0 Å². The maximum atomic E-state index is 11.7. The van der Waals surface area contributed by atoms with Crippen molar-refractivity contribution in [3.8, 4) is 0 Å². The van der Waals surface area contributed by atoms with Crippen LogP contribution in [0, 0.1) is 0 Å².